The van der Waals surface area contributed by atoms with Crippen molar-refractivity contribution in [3.05, 3.63) is 35.9 Å². The summed E-state index contributed by atoms with van der Waals surface area (Å²) in [4.78, 5) is 26.4. The standard InChI is InChI=1S/C16H22N2O3/c1-15(2,21-4)11-18-10-13(19)17-16(3,14(18)20)12-8-6-5-7-9-12/h5-9H,10-11H2,1-4H3,(H,17,19). The molecule has 0 aromatic heterocycles. The van der Waals surface area contributed by atoms with Crippen molar-refractivity contribution in [1.29, 1.82) is 0 Å². The van der Waals surface area contributed by atoms with Crippen LogP contribution in [0.4, 0.5) is 0 Å². The van der Waals surface area contributed by atoms with Crippen molar-refractivity contribution in [2.75, 3.05) is 20.2 Å². The van der Waals surface area contributed by atoms with Crippen LogP contribution in [0.15, 0.2) is 30.3 Å². The third-order valence-corrected chi connectivity index (χ3v) is 3.91. The molecule has 1 heterocycles. The Labute approximate surface area is 125 Å². The van der Waals surface area contributed by atoms with Gasteiger partial charge in [-0.25, -0.2) is 0 Å². The van der Waals surface area contributed by atoms with Crippen molar-refractivity contribution in [3.8, 4) is 0 Å². The molecule has 114 valence electrons. The molecule has 0 aliphatic carbocycles. The molecule has 1 saturated heterocycles. The highest BCUT2D eigenvalue weighted by atomic mass is 16.5. The minimum absolute atomic E-state index is 0.0635. The van der Waals surface area contributed by atoms with Gasteiger partial charge in [-0.2, -0.15) is 0 Å². The van der Waals surface area contributed by atoms with Gasteiger partial charge in [0, 0.05) is 13.7 Å². The lowest BCUT2D eigenvalue weighted by molar-refractivity contribution is -0.153. The Kier molecular flexibility index (Phi) is 4.05. The molecule has 1 aromatic rings. The van der Waals surface area contributed by atoms with Gasteiger partial charge in [-0.3, -0.25) is 9.59 Å². The zero-order valence-corrected chi connectivity index (χ0v) is 13.0. The van der Waals surface area contributed by atoms with Crippen molar-refractivity contribution in [1.82, 2.24) is 10.2 Å². The van der Waals surface area contributed by atoms with Crippen LogP contribution in [-0.4, -0.2) is 42.5 Å². The molecule has 21 heavy (non-hydrogen) atoms. The van der Waals surface area contributed by atoms with Gasteiger partial charge in [-0.1, -0.05) is 30.3 Å². The Balaban J connectivity index is 2.32. The largest absolute Gasteiger partial charge is 0.377 e. The fourth-order valence-corrected chi connectivity index (χ4v) is 2.55. The number of amides is 2. The molecule has 5 nitrogen and oxygen atoms in total. The van der Waals surface area contributed by atoms with Gasteiger partial charge >= 0.3 is 0 Å². The second kappa shape index (κ2) is 5.48. The molecule has 0 saturated carbocycles. The van der Waals surface area contributed by atoms with Crippen molar-refractivity contribution < 1.29 is 14.3 Å². The van der Waals surface area contributed by atoms with Crippen LogP contribution in [0.3, 0.4) is 0 Å². The van der Waals surface area contributed by atoms with E-state index in [1.54, 1.807) is 18.9 Å². The minimum atomic E-state index is -1.03. The quantitative estimate of drug-likeness (QED) is 0.909. The third-order valence-electron chi connectivity index (χ3n) is 3.91. The summed E-state index contributed by atoms with van der Waals surface area (Å²) in [6, 6.07) is 9.30. The van der Waals surface area contributed by atoms with Crippen LogP contribution >= 0.6 is 0 Å². The average molecular weight is 290 g/mol. The maximum absolute atomic E-state index is 12.8. The normalized spacial score (nSPS) is 23.1. The molecule has 2 rings (SSSR count). The first-order chi connectivity index (χ1) is 9.78. The first-order valence-corrected chi connectivity index (χ1v) is 6.99. The number of benzene rings is 1. The highest BCUT2D eigenvalue weighted by Crippen LogP contribution is 2.27. The number of carbonyl (C=O) groups excluding carboxylic acids is 2. The van der Waals surface area contributed by atoms with E-state index in [-0.39, 0.29) is 18.4 Å². The predicted molar refractivity (Wildman–Crippen MR) is 79.6 cm³/mol. The number of ether oxygens (including phenoxy) is 1. The van der Waals surface area contributed by atoms with Gasteiger partial charge in [0.1, 0.15) is 5.54 Å². The second-order valence-electron chi connectivity index (χ2n) is 6.16. The Bertz CT molecular complexity index is 542. The highest BCUT2D eigenvalue weighted by Gasteiger charge is 2.45. The highest BCUT2D eigenvalue weighted by molar-refractivity contribution is 5.98. The van der Waals surface area contributed by atoms with Gasteiger partial charge in [0.15, 0.2) is 0 Å². The molecule has 1 aliphatic heterocycles. The molecule has 1 unspecified atom stereocenters. The molecule has 1 aromatic carbocycles. The van der Waals surface area contributed by atoms with Gasteiger partial charge in [0.25, 0.3) is 5.91 Å². The Morgan fingerprint density at radius 2 is 1.90 bits per heavy atom. The number of carbonyl (C=O) groups is 2. The van der Waals surface area contributed by atoms with Crippen LogP contribution in [0, 0.1) is 0 Å². The van der Waals surface area contributed by atoms with E-state index in [0.717, 1.165) is 5.56 Å². The lowest BCUT2D eigenvalue weighted by Gasteiger charge is -2.42. The van der Waals surface area contributed by atoms with Crippen molar-refractivity contribution in [3.63, 3.8) is 0 Å². The average Bonchev–Trinajstić information content (AvgIpc) is 2.45. The molecule has 0 spiro atoms. The lowest BCUT2D eigenvalue weighted by atomic mass is 9.88. The monoisotopic (exact) mass is 290 g/mol. The maximum Gasteiger partial charge on any atom is 0.253 e. The fraction of sp³-hybridized carbons (Fsp3) is 0.500. The summed E-state index contributed by atoms with van der Waals surface area (Å²) >= 11 is 0. The van der Waals surface area contributed by atoms with Gasteiger partial charge < -0.3 is 15.0 Å². The van der Waals surface area contributed by atoms with Crippen LogP contribution in [0.25, 0.3) is 0 Å². The predicted octanol–water partition coefficient (Wildman–Crippen LogP) is 1.29. The number of hydrogen-bond donors (Lipinski definition) is 1. The van der Waals surface area contributed by atoms with Gasteiger partial charge in [0.2, 0.25) is 5.91 Å². The molecular weight excluding hydrogens is 268 g/mol. The van der Waals surface area contributed by atoms with E-state index in [1.165, 1.54) is 0 Å². The Morgan fingerprint density at radius 3 is 2.48 bits per heavy atom. The summed E-state index contributed by atoms with van der Waals surface area (Å²) in [6.07, 6.45) is 0. The molecule has 2 amide bonds. The summed E-state index contributed by atoms with van der Waals surface area (Å²) in [7, 11) is 1.60. The fourth-order valence-electron chi connectivity index (χ4n) is 2.55. The summed E-state index contributed by atoms with van der Waals surface area (Å²) in [5.41, 5.74) is -0.742. The Morgan fingerprint density at radius 1 is 1.29 bits per heavy atom. The molecular formula is C16H22N2O3. The summed E-state index contributed by atoms with van der Waals surface area (Å²) < 4.78 is 5.37. The number of methoxy groups -OCH3 is 1. The zero-order valence-electron chi connectivity index (χ0n) is 13.0. The van der Waals surface area contributed by atoms with E-state index in [0.29, 0.717) is 6.54 Å². The van der Waals surface area contributed by atoms with E-state index < -0.39 is 11.1 Å². The number of rotatable bonds is 4. The third kappa shape index (κ3) is 3.08. The maximum atomic E-state index is 12.8. The first-order valence-electron chi connectivity index (χ1n) is 6.99. The van der Waals surface area contributed by atoms with Crippen LogP contribution in [0.1, 0.15) is 26.3 Å². The van der Waals surface area contributed by atoms with Gasteiger partial charge in [-0.05, 0) is 26.3 Å². The Hall–Kier alpha value is -1.88. The van der Waals surface area contributed by atoms with E-state index in [1.807, 2.05) is 44.2 Å². The molecule has 5 heteroatoms. The second-order valence-corrected chi connectivity index (χ2v) is 6.16. The van der Waals surface area contributed by atoms with Crippen molar-refractivity contribution >= 4 is 11.8 Å². The molecule has 0 bridgehead atoms. The zero-order chi connectivity index (χ0) is 15.7. The SMILES string of the molecule is COC(C)(C)CN1CC(=O)NC(C)(c2ccccc2)C1=O. The van der Waals surface area contributed by atoms with Crippen molar-refractivity contribution in [2.45, 2.75) is 31.9 Å². The summed E-state index contributed by atoms with van der Waals surface area (Å²) in [5.74, 6) is -0.272. The van der Waals surface area contributed by atoms with Gasteiger partial charge in [-0.15, -0.1) is 0 Å². The number of piperazine rings is 1. The van der Waals surface area contributed by atoms with Crippen LogP contribution in [0.5, 0.6) is 0 Å². The molecule has 1 aliphatic rings. The van der Waals surface area contributed by atoms with Crippen molar-refractivity contribution in [2.24, 2.45) is 0 Å². The van der Waals surface area contributed by atoms with Crippen LogP contribution in [0.2, 0.25) is 0 Å². The lowest BCUT2D eigenvalue weighted by Crippen LogP contribution is -2.65. The number of nitrogens with one attached hydrogen (secondary N) is 1. The molecule has 0 radical (unpaired) electrons. The van der Waals surface area contributed by atoms with E-state index in [2.05, 4.69) is 5.32 Å². The first kappa shape index (κ1) is 15.5. The molecule has 1 fully saturated rings. The number of nitrogens with zero attached hydrogens (tertiary/aromatic N) is 1. The van der Waals surface area contributed by atoms with E-state index in [4.69, 9.17) is 4.74 Å². The van der Waals surface area contributed by atoms with Crippen LogP contribution < -0.4 is 5.32 Å². The van der Waals surface area contributed by atoms with E-state index >= 15 is 0 Å². The molecule has 1 atom stereocenters. The minimum Gasteiger partial charge on any atom is -0.377 e. The topological polar surface area (TPSA) is 58.6 Å². The van der Waals surface area contributed by atoms with Gasteiger partial charge in [0.05, 0.1) is 12.1 Å². The summed E-state index contributed by atoms with van der Waals surface area (Å²) in [5, 5.41) is 2.82. The van der Waals surface area contributed by atoms with Crippen LogP contribution in [-0.2, 0) is 19.9 Å². The molecule has 1 N–H and O–H groups in total. The van der Waals surface area contributed by atoms with E-state index in [9.17, 15) is 9.59 Å². The smallest absolute Gasteiger partial charge is 0.253 e. The number of hydrogen-bond acceptors (Lipinski definition) is 3. The summed E-state index contributed by atoms with van der Waals surface area (Å²) in [6.45, 7) is 5.97.